The predicted octanol–water partition coefficient (Wildman–Crippen LogP) is 3.23. The second-order valence-corrected chi connectivity index (χ2v) is 10.8. The summed E-state index contributed by atoms with van der Waals surface area (Å²) in [5.41, 5.74) is 0.773. The number of fused-ring (bicyclic) bond motifs is 3. The highest BCUT2D eigenvalue weighted by Crippen LogP contribution is 2.77. The van der Waals surface area contributed by atoms with E-state index in [-0.39, 0.29) is 34.8 Å². The van der Waals surface area contributed by atoms with Crippen LogP contribution in [0.15, 0.2) is 27.6 Å². The highest BCUT2D eigenvalue weighted by atomic mass is 16.6. The second kappa shape index (κ2) is 5.95. The Labute approximate surface area is 171 Å². The molecule has 5 fully saturated rings. The minimum absolute atomic E-state index is 0.0354. The van der Waals surface area contributed by atoms with Crippen molar-refractivity contribution in [1.29, 1.82) is 0 Å². The van der Waals surface area contributed by atoms with Crippen molar-refractivity contribution in [2.24, 2.45) is 28.6 Å². The van der Waals surface area contributed by atoms with Crippen molar-refractivity contribution in [2.45, 2.75) is 82.0 Å². The molecule has 1 spiro atoms. The van der Waals surface area contributed by atoms with E-state index in [9.17, 15) is 15.0 Å². The number of ether oxygens (including phenoxy) is 1. The molecule has 0 bridgehead atoms. The van der Waals surface area contributed by atoms with Gasteiger partial charge in [0.05, 0.1) is 18.5 Å². The first kappa shape index (κ1) is 18.6. The fraction of sp³-hybridized carbons (Fsp3) is 0.792. The molecule has 1 aliphatic heterocycles. The molecule has 0 amide bonds. The summed E-state index contributed by atoms with van der Waals surface area (Å²) in [6, 6.07) is 3.49. The van der Waals surface area contributed by atoms with E-state index in [1.165, 1.54) is 0 Å². The summed E-state index contributed by atoms with van der Waals surface area (Å²) in [5, 5.41) is 20.8. The topological polar surface area (TPSA) is 83.2 Å². The van der Waals surface area contributed by atoms with Crippen molar-refractivity contribution in [3.05, 3.63) is 34.4 Å². The molecule has 158 valence electrons. The van der Waals surface area contributed by atoms with Gasteiger partial charge in [-0.05, 0) is 92.1 Å². The van der Waals surface area contributed by atoms with Gasteiger partial charge in [0.2, 0.25) is 0 Å². The zero-order valence-electron chi connectivity index (χ0n) is 17.2. The molecule has 9 atom stereocenters. The number of rotatable bonds is 2. The molecule has 5 nitrogen and oxygen atoms in total. The molecule has 0 aromatic carbocycles. The summed E-state index contributed by atoms with van der Waals surface area (Å²) >= 11 is 0. The van der Waals surface area contributed by atoms with Crippen LogP contribution < -0.4 is 5.63 Å². The second-order valence-electron chi connectivity index (χ2n) is 10.8. The fourth-order valence-electron chi connectivity index (χ4n) is 8.84. The molecule has 1 aromatic heterocycles. The summed E-state index contributed by atoms with van der Waals surface area (Å²) in [6.45, 7) is 2.64. The van der Waals surface area contributed by atoms with Crippen LogP contribution in [0.4, 0.5) is 0 Å². The van der Waals surface area contributed by atoms with Crippen molar-refractivity contribution in [2.75, 3.05) is 6.61 Å². The molecule has 29 heavy (non-hydrogen) atoms. The minimum atomic E-state index is -0.292. The maximum absolute atomic E-state index is 11.5. The Balaban J connectivity index is 1.37. The molecule has 0 unspecified atom stereocenters. The molecule has 0 radical (unpaired) electrons. The summed E-state index contributed by atoms with van der Waals surface area (Å²) in [4.78, 5) is 11.5. The van der Waals surface area contributed by atoms with Gasteiger partial charge in [-0.3, -0.25) is 0 Å². The Morgan fingerprint density at radius 1 is 1.10 bits per heavy atom. The Kier molecular flexibility index (Phi) is 3.82. The van der Waals surface area contributed by atoms with Gasteiger partial charge < -0.3 is 19.4 Å². The molecule has 5 heteroatoms. The molecule has 5 aliphatic rings. The smallest absolute Gasteiger partial charge is 0.335 e. The Bertz CT molecular complexity index is 860. The average Bonchev–Trinajstić information content (AvgIpc) is 3.38. The van der Waals surface area contributed by atoms with Crippen LogP contribution in [0.2, 0.25) is 0 Å². The Morgan fingerprint density at radius 2 is 1.97 bits per heavy atom. The molecule has 1 aromatic rings. The molecule has 4 saturated carbocycles. The first-order valence-electron chi connectivity index (χ1n) is 11.5. The van der Waals surface area contributed by atoms with E-state index in [0.29, 0.717) is 29.8 Å². The van der Waals surface area contributed by atoms with E-state index in [0.717, 1.165) is 56.9 Å². The van der Waals surface area contributed by atoms with E-state index < -0.39 is 0 Å². The van der Waals surface area contributed by atoms with Crippen LogP contribution in [0.5, 0.6) is 0 Å². The zero-order valence-corrected chi connectivity index (χ0v) is 17.2. The minimum Gasteiger partial charge on any atom is -0.431 e. The summed E-state index contributed by atoms with van der Waals surface area (Å²) in [5.74, 6) is 1.79. The average molecular weight is 401 g/mol. The zero-order chi connectivity index (χ0) is 20.0. The van der Waals surface area contributed by atoms with E-state index in [4.69, 9.17) is 9.15 Å². The third-order valence-corrected chi connectivity index (χ3v) is 10.2. The third kappa shape index (κ3) is 2.19. The molecule has 1 saturated heterocycles. The monoisotopic (exact) mass is 400 g/mol. The van der Waals surface area contributed by atoms with Gasteiger partial charge in [-0.2, -0.15) is 0 Å². The van der Waals surface area contributed by atoms with Gasteiger partial charge in [-0.25, -0.2) is 4.79 Å². The van der Waals surface area contributed by atoms with E-state index in [2.05, 4.69) is 6.92 Å². The lowest BCUT2D eigenvalue weighted by atomic mass is 9.43. The quantitative estimate of drug-likeness (QED) is 0.745. The van der Waals surface area contributed by atoms with Gasteiger partial charge in [0, 0.05) is 18.1 Å². The van der Waals surface area contributed by atoms with Crippen LogP contribution in [-0.2, 0) is 4.74 Å². The van der Waals surface area contributed by atoms with Crippen LogP contribution in [0.25, 0.3) is 0 Å². The normalized spacial score (nSPS) is 52.8. The number of hydrogen-bond donors (Lipinski definition) is 2. The van der Waals surface area contributed by atoms with E-state index >= 15 is 0 Å². The molecule has 2 N–H and O–H groups in total. The van der Waals surface area contributed by atoms with Gasteiger partial charge >= 0.3 is 5.63 Å². The van der Waals surface area contributed by atoms with Crippen LogP contribution in [0.1, 0.15) is 69.8 Å². The SMILES string of the molecule is C[C@]12CC[C@H]3[C@@H](CC[C@@H]4C[C@@H](O)CC[C@@]43CO)[C@]13O[C@@H]3C[C@@H]2c1ccc(=O)oc1. The van der Waals surface area contributed by atoms with Crippen LogP contribution in [0, 0.1) is 28.6 Å². The molecule has 2 heterocycles. The fourth-order valence-corrected chi connectivity index (χ4v) is 8.84. The largest absolute Gasteiger partial charge is 0.431 e. The summed E-state index contributed by atoms with van der Waals surface area (Å²) in [7, 11) is 0. The summed E-state index contributed by atoms with van der Waals surface area (Å²) < 4.78 is 11.8. The number of aliphatic hydroxyl groups is 2. The molecular formula is C24H32O5. The maximum atomic E-state index is 11.5. The molecule has 4 aliphatic carbocycles. The van der Waals surface area contributed by atoms with E-state index in [1.807, 2.05) is 6.07 Å². The van der Waals surface area contributed by atoms with Gasteiger partial charge in [0.25, 0.3) is 0 Å². The van der Waals surface area contributed by atoms with Crippen molar-refractivity contribution < 1.29 is 19.4 Å². The van der Waals surface area contributed by atoms with Crippen molar-refractivity contribution >= 4 is 0 Å². The van der Waals surface area contributed by atoms with Crippen molar-refractivity contribution in [3.63, 3.8) is 0 Å². The predicted molar refractivity (Wildman–Crippen MR) is 106 cm³/mol. The van der Waals surface area contributed by atoms with Crippen molar-refractivity contribution in [1.82, 2.24) is 0 Å². The third-order valence-electron chi connectivity index (χ3n) is 10.2. The van der Waals surface area contributed by atoms with Gasteiger partial charge in [-0.1, -0.05) is 6.92 Å². The number of epoxide rings is 1. The number of hydrogen-bond acceptors (Lipinski definition) is 5. The first-order chi connectivity index (χ1) is 13.9. The highest BCUT2D eigenvalue weighted by Gasteiger charge is 2.80. The number of aliphatic hydroxyl groups excluding tert-OH is 2. The van der Waals surface area contributed by atoms with Crippen LogP contribution >= 0.6 is 0 Å². The van der Waals surface area contributed by atoms with Gasteiger partial charge in [0.1, 0.15) is 5.60 Å². The Hall–Kier alpha value is -1.17. The van der Waals surface area contributed by atoms with Gasteiger partial charge in [-0.15, -0.1) is 0 Å². The van der Waals surface area contributed by atoms with Gasteiger partial charge in [0.15, 0.2) is 0 Å². The standard InChI is InChI=1S/C24H32O5/c1-22-8-7-17-18(4-3-15-10-16(26)6-9-23(15,17)13-25)24(22)20(29-24)11-19(22)14-2-5-21(27)28-12-14/h2,5,12,15-20,25-26H,3-4,6-11,13H2,1H3/t15-,16+,17+,18-,19-,20-,22-,23-,24-/m1/s1. The Morgan fingerprint density at radius 3 is 2.72 bits per heavy atom. The first-order valence-corrected chi connectivity index (χ1v) is 11.5. The highest BCUT2D eigenvalue weighted by molar-refractivity contribution is 5.35. The molecule has 6 rings (SSSR count). The van der Waals surface area contributed by atoms with Crippen LogP contribution in [-0.4, -0.2) is 34.6 Å². The molecular weight excluding hydrogens is 368 g/mol. The summed E-state index contributed by atoms with van der Waals surface area (Å²) in [6.07, 6.45) is 9.83. The lowest BCUT2D eigenvalue weighted by Crippen LogP contribution is -2.60. The van der Waals surface area contributed by atoms with Crippen molar-refractivity contribution in [3.8, 4) is 0 Å². The lowest BCUT2D eigenvalue weighted by Gasteiger charge is -2.61. The van der Waals surface area contributed by atoms with E-state index in [1.54, 1.807) is 12.3 Å². The van der Waals surface area contributed by atoms with Crippen LogP contribution in [0.3, 0.4) is 0 Å². The lowest BCUT2D eigenvalue weighted by molar-refractivity contribution is -0.162. The maximum Gasteiger partial charge on any atom is 0.335 e.